The van der Waals surface area contributed by atoms with Crippen LogP contribution < -0.4 is 4.90 Å². The molecule has 0 aliphatic heterocycles. The van der Waals surface area contributed by atoms with E-state index in [0.29, 0.717) is 12.4 Å². The minimum Gasteiger partial charge on any atom is -0.389 e. The summed E-state index contributed by atoms with van der Waals surface area (Å²) in [5.41, 5.74) is 0.936. The van der Waals surface area contributed by atoms with Crippen molar-refractivity contribution in [1.29, 1.82) is 0 Å². The van der Waals surface area contributed by atoms with Gasteiger partial charge in [-0.25, -0.2) is 9.97 Å². The molecule has 0 bridgehead atoms. The number of aliphatic hydroxyl groups is 1. The summed E-state index contributed by atoms with van der Waals surface area (Å²) < 4.78 is 0. The van der Waals surface area contributed by atoms with Gasteiger partial charge in [0.05, 0.1) is 5.60 Å². The van der Waals surface area contributed by atoms with Crippen LogP contribution in [0.15, 0.2) is 30.5 Å². The van der Waals surface area contributed by atoms with Crippen LogP contribution in [-0.2, 0) is 6.42 Å². The summed E-state index contributed by atoms with van der Waals surface area (Å²) in [4.78, 5) is 15.4. The van der Waals surface area contributed by atoms with Gasteiger partial charge in [0.1, 0.15) is 11.5 Å². The van der Waals surface area contributed by atoms with Gasteiger partial charge >= 0.3 is 0 Å². The summed E-state index contributed by atoms with van der Waals surface area (Å²) >= 11 is 0. The van der Waals surface area contributed by atoms with Crippen LogP contribution in [0.4, 0.5) is 5.82 Å². The van der Waals surface area contributed by atoms with Gasteiger partial charge in [-0.15, -0.1) is 0 Å². The topological polar surface area (TPSA) is 62.1 Å². The van der Waals surface area contributed by atoms with Crippen LogP contribution >= 0.6 is 0 Å². The Balaban J connectivity index is 2.39. The predicted octanol–water partition coefficient (Wildman–Crippen LogP) is 2.31. The maximum atomic E-state index is 9.96. The molecule has 0 aliphatic rings. The zero-order chi connectivity index (χ0) is 15.5. The van der Waals surface area contributed by atoms with E-state index in [1.807, 2.05) is 36.2 Å². The third-order valence-corrected chi connectivity index (χ3v) is 3.04. The Labute approximate surface area is 125 Å². The summed E-state index contributed by atoms with van der Waals surface area (Å²) in [6.45, 7) is 6.12. The van der Waals surface area contributed by atoms with Crippen molar-refractivity contribution in [3.05, 3.63) is 36.2 Å². The van der Waals surface area contributed by atoms with Gasteiger partial charge in [0, 0.05) is 31.5 Å². The number of likely N-dealkylation sites (N-methyl/N-ethyl adjacent to an activating group) is 1. The van der Waals surface area contributed by atoms with Crippen molar-refractivity contribution >= 4 is 5.82 Å². The molecule has 0 radical (unpaired) electrons. The number of hydrogen-bond donors (Lipinski definition) is 1. The van der Waals surface area contributed by atoms with Crippen LogP contribution in [0.5, 0.6) is 0 Å². The molecule has 0 saturated carbocycles. The van der Waals surface area contributed by atoms with Crippen LogP contribution in [0.2, 0.25) is 0 Å². The summed E-state index contributed by atoms with van der Waals surface area (Å²) in [7, 11) is 1.92. The first-order chi connectivity index (χ1) is 9.89. The molecule has 1 N–H and O–H groups in total. The summed E-state index contributed by atoms with van der Waals surface area (Å²) in [6, 6.07) is 7.64. The van der Waals surface area contributed by atoms with Gasteiger partial charge in [0.25, 0.3) is 0 Å². The lowest BCUT2D eigenvalue weighted by Gasteiger charge is -2.26. The molecule has 21 heavy (non-hydrogen) atoms. The fourth-order valence-electron chi connectivity index (χ4n) is 2.13. The van der Waals surface area contributed by atoms with Gasteiger partial charge in [-0.2, -0.15) is 0 Å². The van der Waals surface area contributed by atoms with E-state index < -0.39 is 5.60 Å². The van der Waals surface area contributed by atoms with Crippen LogP contribution in [0, 0.1) is 0 Å². The van der Waals surface area contributed by atoms with Gasteiger partial charge in [0.15, 0.2) is 5.82 Å². The van der Waals surface area contributed by atoms with Gasteiger partial charge < -0.3 is 10.0 Å². The van der Waals surface area contributed by atoms with E-state index >= 15 is 0 Å². The fourth-order valence-corrected chi connectivity index (χ4v) is 2.13. The van der Waals surface area contributed by atoms with Gasteiger partial charge in [-0.1, -0.05) is 13.0 Å². The normalized spacial score (nSPS) is 11.5. The van der Waals surface area contributed by atoms with Crippen molar-refractivity contribution in [3.8, 4) is 11.5 Å². The molecule has 0 aromatic carbocycles. The van der Waals surface area contributed by atoms with Crippen LogP contribution in [0.3, 0.4) is 0 Å². The summed E-state index contributed by atoms with van der Waals surface area (Å²) in [5.74, 6) is 1.41. The maximum Gasteiger partial charge on any atom is 0.180 e. The Morgan fingerprint density at radius 2 is 2.00 bits per heavy atom. The monoisotopic (exact) mass is 286 g/mol. The molecule has 0 spiro atoms. The molecule has 0 unspecified atom stereocenters. The molecule has 0 saturated heterocycles. The quantitative estimate of drug-likeness (QED) is 0.914. The number of rotatable bonds is 5. The molecule has 0 amide bonds. The smallest absolute Gasteiger partial charge is 0.180 e. The highest BCUT2D eigenvalue weighted by atomic mass is 16.3. The third kappa shape index (κ3) is 4.23. The number of pyridine rings is 1. The molecule has 5 heteroatoms. The fraction of sp³-hybridized carbons (Fsp3) is 0.438. The second-order valence-corrected chi connectivity index (χ2v) is 5.78. The molecule has 0 fully saturated rings. The number of nitrogens with zero attached hydrogens (tertiary/aromatic N) is 4. The van der Waals surface area contributed by atoms with E-state index in [2.05, 4.69) is 21.9 Å². The first-order valence-corrected chi connectivity index (χ1v) is 7.12. The summed E-state index contributed by atoms with van der Waals surface area (Å²) in [5, 5.41) is 9.96. The second kappa shape index (κ2) is 6.18. The van der Waals surface area contributed by atoms with E-state index in [-0.39, 0.29) is 0 Å². The Morgan fingerprint density at radius 3 is 2.57 bits per heavy atom. The predicted molar refractivity (Wildman–Crippen MR) is 84.2 cm³/mol. The maximum absolute atomic E-state index is 9.96. The lowest BCUT2D eigenvalue weighted by atomic mass is 10.1. The Morgan fingerprint density at radius 1 is 1.24 bits per heavy atom. The first-order valence-electron chi connectivity index (χ1n) is 7.12. The van der Waals surface area contributed by atoms with Crippen molar-refractivity contribution < 1.29 is 5.11 Å². The zero-order valence-corrected chi connectivity index (χ0v) is 13.0. The van der Waals surface area contributed by atoms with Gasteiger partial charge in [0.2, 0.25) is 0 Å². The summed E-state index contributed by atoms with van der Waals surface area (Å²) in [6.07, 6.45) is 2.56. The average Bonchev–Trinajstić information content (AvgIpc) is 2.46. The van der Waals surface area contributed by atoms with Crippen LogP contribution in [-0.4, -0.2) is 39.3 Å². The van der Waals surface area contributed by atoms with Crippen molar-refractivity contribution in [2.24, 2.45) is 0 Å². The Bertz CT molecular complexity index is 593. The molecular formula is C16H22N4O. The van der Waals surface area contributed by atoms with Crippen molar-refractivity contribution in [3.63, 3.8) is 0 Å². The molecular weight excluding hydrogens is 264 g/mol. The molecule has 0 aliphatic carbocycles. The number of aromatic nitrogens is 3. The largest absolute Gasteiger partial charge is 0.389 e. The van der Waals surface area contributed by atoms with Crippen molar-refractivity contribution in [2.75, 3.05) is 18.5 Å². The number of hydrogen-bond acceptors (Lipinski definition) is 5. The molecule has 2 heterocycles. The molecule has 0 atom stereocenters. The molecule has 2 aromatic rings. The third-order valence-electron chi connectivity index (χ3n) is 3.04. The SMILES string of the molecule is CCc1cc(N(C)CC(C)(C)O)nc(-c2ccccn2)n1. The van der Waals surface area contributed by atoms with Crippen molar-refractivity contribution in [1.82, 2.24) is 15.0 Å². The number of aryl methyl sites for hydroxylation is 1. The van der Waals surface area contributed by atoms with Crippen molar-refractivity contribution in [2.45, 2.75) is 32.8 Å². The van der Waals surface area contributed by atoms with E-state index in [1.165, 1.54) is 0 Å². The minimum atomic E-state index is -0.781. The van der Waals surface area contributed by atoms with Gasteiger partial charge in [-0.05, 0) is 32.4 Å². The van der Waals surface area contributed by atoms with E-state index in [4.69, 9.17) is 0 Å². The number of anilines is 1. The molecule has 2 aromatic heterocycles. The zero-order valence-electron chi connectivity index (χ0n) is 13.0. The minimum absolute atomic E-state index is 0.495. The lowest BCUT2D eigenvalue weighted by Crippen LogP contribution is -2.36. The molecule has 5 nitrogen and oxygen atoms in total. The average molecular weight is 286 g/mol. The first kappa shape index (κ1) is 15.4. The lowest BCUT2D eigenvalue weighted by molar-refractivity contribution is 0.0884. The standard InChI is InChI=1S/C16H22N4O/c1-5-12-10-14(20(4)11-16(2,3)21)19-15(18-12)13-8-6-7-9-17-13/h6-10,21H,5,11H2,1-4H3. The van der Waals surface area contributed by atoms with E-state index in [0.717, 1.165) is 23.6 Å². The van der Waals surface area contributed by atoms with Gasteiger partial charge in [-0.3, -0.25) is 4.98 Å². The second-order valence-electron chi connectivity index (χ2n) is 5.78. The molecule has 112 valence electrons. The van der Waals surface area contributed by atoms with E-state index in [9.17, 15) is 5.11 Å². The highest BCUT2D eigenvalue weighted by Crippen LogP contribution is 2.19. The Kier molecular flexibility index (Phi) is 4.53. The highest BCUT2D eigenvalue weighted by molar-refractivity contribution is 5.53. The van der Waals surface area contributed by atoms with Crippen LogP contribution in [0.1, 0.15) is 26.5 Å². The molecule has 2 rings (SSSR count). The Hall–Kier alpha value is -2.01. The van der Waals surface area contributed by atoms with Crippen LogP contribution in [0.25, 0.3) is 11.5 Å². The van der Waals surface area contributed by atoms with E-state index in [1.54, 1.807) is 20.0 Å². The highest BCUT2D eigenvalue weighted by Gasteiger charge is 2.18.